The number of unbranched alkanes of at least 4 members (excludes halogenated alkanes) is 12. The van der Waals surface area contributed by atoms with Crippen LogP contribution in [0.2, 0.25) is 0 Å². The van der Waals surface area contributed by atoms with Crippen molar-refractivity contribution >= 4 is 8.03 Å². The second kappa shape index (κ2) is 19.2. The van der Waals surface area contributed by atoms with Gasteiger partial charge in [-0.2, -0.15) is 0 Å². The molecule has 0 N–H and O–H groups in total. The first-order valence-electron chi connectivity index (χ1n) is 13.5. The van der Waals surface area contributed by atoms with Crippen molar-refractivity contribution in [3.8, 4) is 0 Å². The first-order valence-corrected chi connectivity index (χ1v) is 14.7. The molecule has 0 aliphatic carbocycles. The molecule has 0 aromatic rings. The molecule has 184 valence electrons. The van der Waals surface area contributed by atoms with Gasteiger partial charge in [0, 0.05) is 12.8 Å². The van der Waals surface area contributed by atoms with Gasteiger partial charge in [-0.05, 0) is 44.9 Å². The molecule has 0 aliphatic heterocycles. The summed E-state index contributed by atoms with van der Waals surface area (Å²) in [4.78, 5) is 12.3. The lowest BCUT2D eigenvalue weighted by Gasteiger charge is -2.42. The summed E-state index contributed by atoms with van der Waals surface area (Å²) in [5, 5.41) is -0.582. The Hall–Kier alpha value is -0.240. The minimum Gasteiger partial charge on any atom is -0.590 e. The van der Waals surface area contributed by atoms with Crippen molar-refractivity contribution < 1.29 is 13.9 Å². The molecule has 0 rings (SSSR count). The molecule has 0 saturated heterocycles. The maximum absolute atomic E-state index is 12.3. The number of rotatable bonds is 22. The molecule has 2 unspecified atom stereocenters. The van der Waals surface area contributed by atoms with Gasteiger partial charge in [0.2, 0.25) is 0 Å². The average molecular weight is 457 g/mol. The lowest BCUT2D eigenvalue weighted by Crippen LogP contribution is -2.58. The summed E-state index contributed by atoms with van der Waals surface area (Å²) in [5.41, 5.74) is 0. The molecule has 0 fully saturated rings. The van der Waals surface area contributed by atoms with Crippen molar-refractivity contribution in [2.45, 2.75) is 142 Å². The van der Waals surface area contributed by atoms with Gasteiger partial charge in [-0.15, -0.1) is 0 Å². The molecule has 0 heterocycles. The predicted octanol–water partition coefficient (Wildman–Crippen LogP) is 8.50. The molecule has 0 radical (unpaired) electrons. The molecule has 2 atom stereocenters. The number of nitrogens with zero attached hydrogens (tertiary/aromatic N) is 1. The van der Waals surface area contributed by atoms with Crippen LogP contribution in [0.3, 0.4) is 0 Å². The van der Waals surface area contributed by atoms with E-state index in [9.17, 15) is 9.46 Å². The van der Waals surface area contributed by atoms with E-state index >= 15 is 0 Å². The predicted molar refractivity (Wildman–Crippen MR) is 137 cm³/mol. The van der Waals surface area contributed by atoms with Gasteiger partial charge in [-0.25, -0.2) is 0 Å². The van der Waals surface area contributed by atoms with Crippen molar-refractivity contribution in [3.05, 3.63) is 12.2 Å². The van der Waals surface area contributed by atoms with Gasteiger partial charge in [-0.3, -0.25) is 4.48 Å². The van der Waals surface area contributed by atoms with E-state index in [0.29, 0.717) is 4.48 Å². The molecule has 0 aliphatic rings. The van der Waals surface area contributed by atoms with Gasteiger partial charge < -0.3 is 4.89 Å². The highest BCUT2D eigenvalue weighted by Gasteiger charge is 2.55. The Morgan fingerprint density at radius 1 is 0.677 bits per heavy atom. The van der Waals surface area contributed by atoms with Crippen LogP contribution in [0.15, 0.2) is 12.2 Å². The van der Waals surface area contributed by atoms with E-state index < -0.39 is 13.3 Å². The number of quaternary nitrogens is 1. The summed E-state index contributed by atoms with van der Waals surface area (Å²) in [6, 6.07) is 0. The van der Waals surface area contributed by atoms with E-state index in [2.05, 4.69) is 47.0 Å². The topological polar surface area (TPSA) is 40.1 Å². The van der Waals surface area contributed by atoms with Crippen molar-refractivity contribution in [2.75, 3.05) is 20.6 Å². The van der Waals surface area contributed by atoms with Crippen molar-refractivity contribution in [1.29, 1.82) is 0 Å². The van der Waals surface area contributed by atoms with Crippen molar-refractivity contribution in [2.24, 2.45) is 0 Å². The molecule has 0 aromatic carbocycles. The highest BCUT2D eigenvalue weighted by molar-refractivity contribution is 7.38. The monoisotopic (exact) mass is 456 g/mol. The molecular formula is C27H55NO2P+. The molecule has 0 spiro atoms. The SMILES string of the molecule is CCCCCCCCC=CCCCCCCCCC(CCC)([P+](=O)[O-])[N+](C)(C)CCC. The summed E-state index contributed by atoms with van der Waals surface area (Å²) < 4.78 is 13.0. The largest absolute Gasteiger partial charge is 0.590 e. The van der Waals surface area contributed by atoms with Crippen LogP contribution >= 0.6 is 8.03 Å². The number of allylic oxidation sites excluding steroid dienone is 2. The third kappa shape index (κ3) is 13.2. The minimum absolute atomic E-state index is 0.582. The normalized spacial score (nSPS) is 14.8. The lowest BCUT2D eigenvalue weighted by atomic mass is 9.98. The molecular weight excluding hydrogens is 401 g/mol. The zero-order valence-corrected chi connectivity index (χ0v) is 22.7. The van der Waals surface area contributed by atoms with Gasteiger partial charge in [0.25, 0.3) is 5.28 Å². The first kappa shape index (κ1) is 30.8. The Labute approximate surface area is 196 Å². The van der Waals surface area contributed by atoms with Gasteiger partial charge in [0.05, 0.1) is 20.6 Å². The molecule has 31 heavy (non-hydrogen) atoms. The molecule has 3 nitrogen and oxygen atoms in total. The fraction of sp³-hybridized carbons (Fsp3) is 0.926. The summed E-state index contributed by atoms with van der Waals surface area (Å²) in [7, 11) is 1.80. The smallest absolute Gasteiger partial charge is 0.376 e. The fourth-order valence-corrected chi connectivity index (χ4v) is 6.25. The van der Waals surface area contributed by atoms with Crippen LogP contribution in [0.4, 0.5) is 0 Å². The molecule has 0 amide bonds. The number of hydrogen-bond donors (Lipinski definition) is 0. The molecule has 0 saturated carbocycles. The van der Waals surface area contributed by atoms with Gasteiger partial charge in [0.15, 0.2) is 0 Å². The maximum atomic E-state index is 12.3. The van der Waals surface area contributed by atoms with E-state index in [1.807, 2.05) is 0 Å². The average Bonchev–Trinajstić information content (AvgIpc) is 2.72. The summed E-state index contributed by atoms with van der Waals surface area (Å²) in [5.74, 6) is 0. The highest BCUT2D eigenvalue weighted by atomic mass is 31.1. The molecule has 4 heteroatoms. The quantitative estimate of drug-likeness (QED) is 0.0709. The van der Waals surface area contributed by atoms with Gasteiger partial charge in [-0.1, -0.05) is 95.3 Å². The van der Waals surface area contributed by atoms with Crippen LogP contribution in [0.5, 0.6) is 0 Å². The fourth-order valence-electron chi connectivity index (χ4n) is 4.96. The number of hydrogen-bond acceptors (Lipinski definition) is 2. The van der Waals surface area contributed by atoms with Crippen LogP contribution in [0.25, 0.3) is 0 Å². The van der Waals surface area contributed by atoms with E-state index in [4.69, 9.17) is 0 Å². The van der Waals surface area contributed by atoms with Gasteiger partial charge >= 0.3 is 8.03 Å². The maximum Gasteiger partial charge on any atom is 0.376 e. The standard InChI is InChI=1S/C27H55NO2P/c1-6-9-10-11-12-13-14-15-16-17-18-19-20-21-22-23-25-27(24-7-2,31(29)30)28(4,5)26-8-3/h15-16H,6-14,17-26H2,1-5H3/q+1. The highest BCUT2D eigenvalue weighted by Crippen LogP contribution is 2.46. The summed E-state index contributed by atoms with van der Waals surface area (Å²) in [6.07, 6.45) is 26.4. The van der Waals surface area contributed by atoms with Crippen LogP contribution < -0.4 is 4.89 Å². The van der Waals surface area contributed by atoms with Gasteiger partial charge in [0.1, 0.15) is 0 Å². The van der Waals surface area contributed by atoms with Crippen LogP contribution in [-0.4, -0.2) is 30.4 Å². The Morgan fingerprint density at radius 2 is 1.16 bits per heavy atom. The van der Waals surface area contributed by atoms with E-state index in [0.717, 1.165) is 45.1 Å². The Bertz CT molecular complexity index is 464. The molecule has 0 aromatic heterocycles. The van der Waals surface area contributed by atoms with Crippen molar-refractivity contribution in [3.63, 3.8) is 0 Å². The molecule has 0 bridgehead atoms. The zero-order valence-electron chi connectivity index (χ0n) is 21.8. The van der Waals surface area contributed by atoms with E-state index in [1.165, 1.54) is 77.0 Å². The Balaban J connectivity index is 3.96. The van der Waals surface area contributed by atoms with Crippen LogP contribution in [-0.2, 0) is 4.57 Å². The van der Waals surface area contributed by atoms with E-state index in [-0.39, 0.29) is 0 Å². The lowest BCUT2D eigenvalue weighted by molar-refractivity contribution is -0.928. The second-order valence-electron chi connectivity index (χ2n) is 10.1. The Kier molecular flexibility index (Phi) is 19.1. The van der Waals surface area contributed by atoms with Crippen molar-refractivity contribution in [1.82, 2.24) is 0 Å². The first-order chi connectivity index (χ1) is 14.9. The zero-order chi connectivity index (χ0) is 23.4. The minimum atomic E-state index is -2.43. The van der Waals surface area contributed by atoms with Crippen LogP contribution in [0, 0.1) is 0 Å². The Morgan fingerprint density at radius 3 is 1.61 bits per heavy atom. The second-order valence-corrected chi connectivity index (χ2v) is 11.4. The van der Waals surface area contributed by atoms with Crippen LogP contribution in [0.1, 0.15) is 136 Å². The third-order valence-electron chi connectivity index (χ3n) is 6.99. The summed E-state index contributed by atoms with van der Waals surface area (Å²) in [6.45, 7) is 7.46. The summed E-state index contributed by atoms with van der Waals surface area (Å²) >= 11 is 0. The third-order valence-corrected chi connectivity index (χ3v) is 8.66. The van der Waals surface area contributed by atoms with E-state index in [1.54, 1.807) is 0 Å².